The molecular formula is C20H23N3O3. The highest BCUT2D eigenvalue weighted by molar-refractivity contribution is 6.36. The first-order valence-electron chi connectivity index (χ1n) is 8.90. The number of hydrogen-bond acceptors (Lipinski definition) is 4. The Morgan fingerprint density at radius 3 is 2.81 bits per heavy atom. The van der Waals surface area contributed by atoms with Gasteiger partial charge in [-0.05, 0) is 42.3 Å². The van der Waals surface area contributed by atoms with Gasteiger partial charge in [0.1, 0.15) is 0 Å². The number of ether oxygens (including phenoxy) is 1. The van der Waals surface area contributed by atoms with E-state index in [1.54, 1.807) is 0 Å². The van der Waals surface area contributed by atoms with Crippen molar-refractivity contribution < 1.29 is 14.6 Å². The molecule has 4 rings (SSSR count). The number of benzene rings is 1. The number of aromatic nitrogens is 1. The van der Waals surface area contributed by atoms with E-state index in [1.165, 1.54) is 0 Å². The number of allylic oxidation sites excluding steroid dienone is 1. The highest BCUT2D eigenvalue weighted by Crippen LogP contribution is 2.37. The van der Waals surface area contributed by atoms with Gasteiger partial charge in [0.2, 0.25) is 0 Å². The minimum absolute atomic E-state index is 0.0417. The summed E-state index contributed by atoms with van der Waals surface area (Å²) in [5.41, 5.74) is 6.08. The average molecular weight is 353 g/mol. The second-order valence-corrected chi connectivity index (χ2v) is 6.78. The molecule has 1 saturated heterocycles. The molecule has 1 aromatic carbocycles. The number of carbonyl (C=O) groups is 1. The molecule has 3 heterocycles. The van der Waals surface area contributed by atoms with Crippen LogP contribution in [0.5, 0.6) is 0 Å². The maximum absolute atomic E-state index is 12.5. The molecule has 0 atom stereocenters. The van der Waals surface area contributed by atoms with Crippen LogP contribution in [0.4, 0.5) is 5.69 Å². The first-order valence-corrected chi connectivity index (χ1v) is 8.90. The summed E-state index contributed by atoms with van der Waals surface area (Å²) in [4.78, 5) is 18.3. The number of carbonyl (C=O) groups excluding carboxylic acids is 1. The lowest BCUT2D eigenvalue weighted by Crippen LogP contribution is -2.35. The lowest BCUT2D eigenvalue weighted by Gasteiger charge is -2.25. The minimum Gasteiger partial charge on any atom is -0.392 e. The molecule has 0 radical (unpaired) electrons. The van der Waals surface area contributed by atoms with E-state index in [-0.39, 0.29) is 12.5 Å². The molecule has 2 aliphatic heterocycles. The van der Waals surface area contributed by atoms with Crippen molar-refractivity contribution in [1.82, 2.24) is 9.88 Å². The molecule has 0 saturated carbocycles. The number of fused-ring (bicyclic) bond motifs is 1. The fraction of sp³-hybridized carbons (Fsp3) is 0.350. The van der Waals surface area contributed by atoms with Gasteiger partial charge in [0.15, 0.2) is 0 Å². The molecule has 0 spiro atoms. The van der Waals surface area contributed by atoms with E-state index in [1.807, 2.05) is 31.2 Å². The molecule has 1 amide bonds. The van der Waals surface area contributed by atoms with Crippen LogP contribution in [0.1, 0.15) is 29.4 Å². The zero-order valence-corrected chi connectivity index (χ0v) is 14.8. The molecule has 26 heavy (non-hydrogen) atoms. The van der Waals surface area contributed by atoms with Gasteiger partial charge in [-0.3, -0.25) is 9.69 Å². The van der Waals surface area contributed by atoms with E-state index in [9.17, 15) is 9.90 Å². The molecule has 2 aliphatic rings. The number of morpholine rings is 1. The summed E-state index contributed by atoms with van der Waals surface area (Å²) in [6, 6.07) is 9.65. The monoisotopic (exact) mass is 353 g/mol. The average Bonchev–Trinajstić information content (AvgIpc) is 3.25. The third-order valence-electron chi connectivity index (χ3n) is 5.03. The summed E-state index contributed by atoms with van der Waals surface area (Å²) in [7, 11) is 0. The van der Waals surface area contributed by atoms with Gasteiger partial charge >= 0.3 is 0 Å². The fourth-order valence-electron chi connectivity index (χ4n) is 3.57. The zero-order chi connectivity index (χ0) is 18.1. The van der Waals surface area contributed by atoms with Crippen LogP contribution in [0.25, 0.3) is 11.1 Å². The predicted molar refractivity (Wildman–Crippen MR) is 100 cm³/mol. The number of aliphatic hydroxyl groups excluding tert-OH is 1. The van der Waals surface area contributed by atoms with E-state index >= 15 is 0 Å². The Balaban J connectivity index is 1.63. The van der Waals surface area contributed by atoms with Gasteiger partial charge in [-0.15, -0.1) is 0 Å². The Morgan fingerprint density at radius 1 is 1.23 bits per heavy atom. The molecule has 2 aromatic rings. The largest absolute Gasteiger partial charge is 0.392 e. The van der Waals surface area contributed by atoms with Crippen LogP contribution in [-0.2, 0) is 22.7 Å². The Kier molecular flexibility index (Phi) is 4.63. The molecule has 6 nitrogen and oxygen atoms in total. The lowest BCUT2D eigenvalue weighted by atomic mass is 9.98. The van der Waals surface area contributed by atoms with Crippen molar-refractivity contribution >= 4 is 22.7 Å². The van der Waals surface area contributed by atoms with Crippen LogP contribution in [0, 0.1) is 0 Å². The standard InChI is InChI=1S/C20H23N3O3/c1-13(17-5-3-15(21-17)11-23-6-8-26-9-7-23)19-16-10-14(12-24)2-4-18(16)22-20(19)25/h2-5,10,21,24H,6-9,11-12H2,1H3,(H,22,25). The SMILES string of the molecule is CC(=C1C(=O)Nc2ccc(CO)cc21)c1ccc(CN2CCOCC2)[nH]1. The molecule has 1 fully saturated rings. The number of hydrogen-bond donors (Lipinski definition) is 3. The second-order valence-electron chi connectivity index (χ2n) is 6.78. The summed E-state index contributed by atoms with van der Waals surface area (Å²) in [5, 5.41) is 12.3. The summed E-state index contributed by atoms with van der Waals surface area (Å²) in [5.74, 6) is -0.100. The maximum Gasteiger partial charge on any atom is 0.256 e. The van der Waals surface area contributed by atoms with Gasteiger partial charge in [-0.1, -0.05) is 6.07 Å². The van der Waals surface area contributed by atoms with Crippen molar-refractivity contribution in [2.75, 3.05) is 31.6 Å². The van der Waals surface area contributed by atoms with E-state index in [2.05, 4.69) is 21.3 Å². The van der Waals surface area contributed by atoms with Crippen molar-refractivity contribution in [3.63, 3.8) is 0 Å². The highest BCUT2D eigenvalue weighted by atomic mass is 16.5. The van der Waals surface area contributed by atoms with E-state index < -0.39 is 0 Å². The Hall–Kier alpha value is -2.41. The number of nitrogens with one attached hydrogen (secondary N) is 2. The molecular weight excluding hydrogens is 330 g/mol. The summed E-state index contributed by atoms with van der Waals surface area (Å²) in [6.07, 6.45) is 0. The molecule has 6 heteroatoms. The quantitative estimate of drug-likeness (QED) is 0.737. The van der Waals surface area contributed by atoms with Crippen LogP contribution in [0.3, 0.4) is 0 Å². The van der Waals surface area contributed by atoms with E-state index in [4.69, 9.17) is 4.74 Å². The van der Waals surface area contributed by atoms with Gasteiger partial charge in [-0.25, -0.2) is 0 Å². The lowest BCUT2D eigenvalue weighted by molar-refractivity contribution is -0.110. The van der Waals surface area contributed by atoms with E-state index in [0.29, 0.717) is 5.57 Å². The topological polar surface area (TPSA) is 77.6 Å². The number of nitrogens with zero attached hydrogens (tertiary/aromatic N) is 1. The first-order chi connectivity index (χ1) is 12.7. The van der Waals surface area contributed by atoms with Gasteiger partial charge < -0.3 is 20.1 Å². The Morgan fingerprint density at radius 2 is 2.04 bits per heavy atom. The van der Waals surface area contributed by atoms with Crippen LogP contribution < -0.4 is 5.32 Å². The van der Waals surface area contributed by atoms with Crippen LogP contribution in [0.2, 0.25) is 0 Å². The molecule has 0 unspecified atom stereocenters. The van der Waals surface area contributed by atoms with Crippen molar-refractivity contribution in [2.24, 2.45) is 0 Å². The number of rotatable bonds is 4. The normalized spacial score (nSPS) is 19.4. The van der Waals surface area contributed by atoms with Crippen LogP contribution in [-0.4, -0.2) is 47.2 Å². The van der Waals surface area contributed by atoms with E-state index in [0.717, 1.165) is 66.6 Å². The molecule has 136 valence electrons. The molecule has 1 aromatic heterocycles. The van der Waals surface area contributed by atoms with Crippen molar-refractivity contribution in [2.45, 2.75) is 20.1 Å². The van der Waals surface area contributed by atoms with Gasteiger partial charge in [0.05, 0.1) is 25.4 Å². The second kappa shape index (κ2) is 7.07. The fourth-order valence-corrected chi connectivity index (χ4v) is 3.57. The molecule has 0 aliphatic carbocycles. The Bertz CT molecular complexity index is 863. The Labute approximate surface area is 152 Å². The summed E-state index contributed by atoms with van der Waals surface area (Å²) in [6.45, 7) is 6.20. The maximum atomic E-state index is 12.5. The summed E-state index contributed by atoms with van der Waals surface area (Å²) >= 11 is 0. The minimum atomic E-state index is -0.100. The number of H-pyrrole nitrogens is 1. The van der Waals surface area contributed by atoms with Crippen molar-refractivity contribution in [3.05, 3.63) is 52.8 Å². The van der Waals surface area contributed by atoms with Gasteiger partial charge in [0, 0.05) is 42.3 Å². The smallest absolute Gasteiger partial charge is 0.256 e. The van der Waals surface area contributed by atoms with Crippen molar-refractivity contribution in [1.29, 1.82) is 0 Å². The third kappa shape index (κ3) is 3.19. The van der Waals surface area contributed by atoms with Crippen molar-refractivity contribution in [3.8, 4) is 0 Å². The summed E-state index contributed by atoms with van der Waals surface area (Å²) < 4.78 is 5.39. The number of aromatic amines is 1. The highest BCUT2D eigenvalue weighted by Gasteiger charge is 2.27. The molecule has 0 bridgehead atoms. The zero-order valence-electron chi connectivity index (χ0n) is 14.8. The predicted octanol–water partition coefficient (Wildman–Crippen LogP) is 2.22. The third-order valence-corrected chi connectivity index (χ3v) is 5.03. The molecule has 3 N–H and O–H groups in total. The number of anilines is 1. The van der Waals surface area contributed by atoms with Crippen LogP contribution in [0.15, 0.2) is 30.3 Å². The van der Waals surface area contributed by atoms with Gasteiger partial charge in [-0.2, -0.15) is 0 Å². The van der Waals surface area contributed by atoms with Gasteiger partial charge in [0.25, 0.3) is 5.91 Å². The number of amides is 1. The first kappa shape index (κ1) is 17.0. The van der Waals surface area contributed by atoms with Crippen LogP contribution >= 0.6 is 0 Å². The number of aliphatic hydroxyl groups is 1.